The first-order valence-electron chi connectivity index (χ1n) is 9.71. The van der Waals surface area contributed by atoms with Gasteiger partial charge in [0.1, 0.15) is 17.3 Å². The molecule has 11 heteroatoms. The van der Waals surface area contributed by atoms with Crippen LogP contribution in [-0.4, -0.2) is 35.6 Å². The number of H-pyrrole nitrogens is 1. The fourth-order valence-corrected chi connectivity index (χ4v) is 3.10. The summed E-state index contributed by atoms with van der Waals surface area (Å²) in [4.78, 5) is 31.7. The third-order valence-corrected chi connectivity index (χ3v) is 4.79. The molecule has 0 bridgehead atoms. The second kappa shape index (κ2) is 9.22. The lowest BCUT2D eigenvalue weighted by molar-refractivity contribution is -0.119. The van der Waals surface area contributed by atoms with Gasteiger partial charge >= 0.3 is 5.97 Å². The molecule has 0 spiro atoms. The molecule has 1 aromatic heterocycles. The van der Waals surface area contributed by atoms with Crippen molar-refractivity contribution in [2.75, 3.05) is 19.0 Å². The lowest BCUT2D eigenvalue weighted by Crippen LogP contribution is -2.22. The van der Waals surface area contributed by atoms with Gasteiger partial charge in [0.25, 0.3) is 5.91 Å². The fourth-order valence-electron chi connectivity index (χ4n) is 3.10. The summed E-state index contributed by atoms with van der Waals surface area (Å²) in [6, 6.07) is 11.6. The average molecular weight is 473 g/mol. The molecule has 0 radical (unpaired) electrons. The average Bonchev–Trinajstić information content (AvgIpc) is 3.27. The lowest BCUT2D eigenvalue weighted by atomic mass is 10.2. The highest BCUT2D eigenvalue weighted by Crippen LogP contribution is 2.25. The predicted molar refractivity (Wildman–Crippen MR) is 113 cm³/mol. The maximum absolute atomic E-state index is 13.7. The van der Waals surface area contributed by atoms with Crippen LogP contribution in [0.25, 0.3) is 22.4 Å². The van der Waals surface area contributed by atoms with Gasteiger partial charge < -0.3 is 19.8 Å². The Morgan fingerprint density at radius 2 is 1.65 bits per heavy atom. The number of fused-ring (bicyclic) bond motifs is 1. The van der Waals surface area contributed by atoms with Gasteiger partial charge in [-0.1, -0.05) is 0 Å². The van der Waals surface area contributed by atoms with Gasteiger partial charge in [-0.2, -0.15) is 0 Å². The number of ether oxygens (including phenoxy) is 2. The molecule has 0 saturated carbocycles. The fraction of sp³-hybridized carbons (Fsp3) is 0.0870. The highest BCUT2D eigenvalue weighted by Gasteiger charge is 2.21. The first kappa shape index (κ1) is 22.8. The highest BCUT2D eigenvalue weighted by molar-refractivity contribution is 5.97. The van der Waals surface area contributed by atoms with Crippen molar-refractivity contribution in [1.29, 1.82) is 0 Å². The van der Waals surface area contributed by atoms with Crippen LogP contribution in [0.15, 0.2) is 48.5 Å². The molecular formula is C23H15F4N3O4. The van der Waals surface area contributed by atoms with Gasteiger partial charge in [-0.05, 0) is 42.5 Å². The van der Waals surface area contributed by atoms with E-state index >= 15 is 0 Å². The molecule has 1 heterocycles. The van der Waals surface area contributed by atoms with Crippen molar-refractivity contribution in [2.45, 2.75) is 0 Å². The number of imidazole rings is 1. The minimum atomic E-state index is -1.78. The van der Waals surface area contributed by atoms with E-state index in [-0.39, 0.29) is 11.6 Å². The van der Waals surface area contributed by atoms with Gasteiger partial charge in [-0.25, -0.2) is 27.3 Å². The van der Waals surface area contributed by atoms with Crippen LogP contribution in [0.2, 0.25) is 0 Å². The summed E-state index contributed by atoms with van der Waals surface area (Å²) in [6.45, 7) is -0.950. The third-order valence-electron chi connectivity index (χ3n) is 4.79. The predicted octanol–water partition coefficient (Wildman–Crippen LogP) is 4.59. The van der Waals surface area contributed by atoms with E-state index in [1.807, 2.05) is 0 Å². The zero-order chi connectivity index (χ0) is 24.4. The molecule has 1 amide bonds. The number of carbonyl (C=O) groups is 2. The van der Waals surface area contributed by atoms with E-state index < -0.39 is 47.4 Å². The first-order chi connectivity index (χ1) is 16.3. The Hall–Kier alpha value is -4.41. The number of aromatic nitrogens is 2. The molecule has 0 aliphatic heterocycles. The van der Waals surface area contributed by atoms with Crippen LogP contribution in [0.4, 0.5) is 23.2 Å². The van der Waals surface area contributed by atoms with E-state index in [1.165, 1.54) is 12.1 Å². The SMILES string of the molecule is COc1ccc(-c2nc3ccc(C(=O)OCC(=O)Nc4c(F)c(F)cc(F)c4F)cc3[nH]2)cc1. The van der Waals surface area contributed by atoms with E-state index in [0.29, 0.717) is 22.6 Å². The summed E-state index contributed by atoms with van der Waals surface area (Å²) in [5.41, 5.74) is 0.622. The van der Waals surface area contributed by atoms with E-state index in [4.69, 9.17) is 9.47 Å². The number of nitrogens with one attached hydrogen (secondary N) is 2. The number of rotatable bonds is 6. The van der Waals surface area contributed by atoms with Crippen molar-refractivity contribution in [2.24, 2.45) is 0 Å². The molecule has 2 N–H and O–H groups in total. The molecule has 3 aromatic carbocycles. The van der Waals surface area contributed by atoms with Crippen LogP contribution in [-0.2, 0) is 9.53 Å². The first-order valence-corrected chi connectivity index (χ1v) is 9.71. The van der Waals surface area contributed by atoms with Crippen LogP contribution >= 0.6 is 0 Å². The summed E-state index contributed by atoms with van der Waals surface area (Å²) < 4.78 is 63.8. The van der Waals surface area contributed by atoms with Crippen LogP contribution in [0.5, 0.6) is 5.75 Å². The number of esters is 1. The van der Waals surface area contributed by atoms with Crippen LogP contribution in [0, 0.1) is 23.3 Å². The van der Waals surface area contributed by atoms with Crippen LogP contribution < -0.4 is 10.1 Å². The number of benzene rings is 3. The quantitative estimate of drug-likeness (QED) is 0.243. The zero-order valence-electron chi connectivity index (χ0n) is 17.4. The van der Waals surface area contributed by atoms with Crippen LogP contribution in [0.1, 0.15) is 10.4 Å². The summed E-state index contributed by atoms with van der Waals surface area (Å²) in [5, 5.41) is 1.65. The summed E-state index contributed by atoms with van der Waals surface area (Å²) >= 11 is 0. The number of hydrogen-bond donors (Lipinski definition) is 2. The molecule has 4 aromatic rings. The van der Waals surface area contributed by atoms with E-state index in [1.54, 1.807) is 42.8 Å². The van der Waals surface area contributed by atoms with Gasteiger partial charge in [0, 0.05) is 11.6 Å². The normalized spacial score (nSPS) is 10.9. The summed E-state index contributed by atoms with van der Waals surface area (Å²) in [7, 11) is 1.55. The Balaban J connectivity index is 1.44. The van der Waals surface area contributed by atoms with Crippen molar-refractivity contribution in [3.05, 3.63) is 77.4 Å². The standard InChI is InChI=1S/C23H15F4N3O4/c1-33-13-5-2-11(3-6-13)22-28-16-7-4-12(8-17(16)29-22)23(32)34-10-18(31)30-21-19(26)14(24)9-15(25)20(21)27/h2-9H,10H2,1H3,(H,28,29)(H,30,31). The maximum atomic E-state index is 13.7. The van der Waals surface area contributed by atoms with E-state index in [0.717, 1.165) is 5.56 Å². The van der Waals surface area contributed by atoms with Gasteiger partial charge in [-0.3, -0.25) is 4.79 Å². The van der Waals surface area contributed by atoms with Crippen molar-refractivity contribution < 1.29 is 36.6 Å². The molecule has 34 heavy (non-hydrogen) atoms. The smallest absolute Gasteiger partial charge is 0.338 e. The Morgan fingerprint density at radius 3 is 2.29 bits per heavy atom. The van der Waals surface area contributed by atoms with E-state index in [9.17, 15) is 27.2 Å². The summed E-state index contributed by atoms with van der Waals surface area (Å²) in [6.07, 6.45) is 0. The van der Waals surface area contributed by atoms with E-state index in [2.05, 4.69) is 9.97 Å². The Bertz CT molecular complexity index is 1380. The van der Waals surface area contributed by atoms with Crippen molar-refractivity contribution in [3.63, 3.8) is 0 Å². The number of aromatic amines is 1. The van der Waals surface area contributed by atoms with Crippen molar-refractivity contribution in [1.82, 2.24) is 9.97 Å². The minimum absolute atomic E-state index is 0.00596. The molecule has 0 unspecified atom stereocenters. The number of hydrogen-bond acceptors (Lipinski definition) is 5. The maximum Gasteiger partial charge on any atom is 0.338 e. The second-order valence-electron chi connectivity index (χ2n) is 7.01. The van der Waals surface area contributed by atoms with Gasteiger partial charge in [0.05, 0.1) is 23.7 Å². The second-order valence-corrected chi connectivity index (χ2v) is 7.01. The Labute approximate surface area is 189 Å². The molecule has 7 nitrogen and oxygen atoms in total. The molecular weight excluding hydrogens is 458 g/mol. The van der Waals surface area contributed by atoms with Gasteiger partial charge in [0.2, 0.25) is 0 Å². The molecule has 0 saturated heterocycles. The number of carbonyl (C=O) groups excluding carboxylic acids is 2. The topological polar surface area (TPSA) is 93.3 Å². The highest BCUT2D eigenvalue weighted by atomic mass is 19.2. The zero-order valence-corrected chi connectivity index (χ0v) is 17.4. The van der Waals surface area contributed by atoms with Crippen molar-refractivity contribution in [3.8, 4) is 17.1 Å². The molecule has 0 aliphatic carbocycles. The van der Waals surface area contributed by atoms with Gasteiger partial charge in [-0.15, -0.1) is 0 Å². The largest absolute Gasteiger partial charge is 0.497 e. The number of amides is 1. The molecule has 0 fully saturated rings. The lowest BCUT2D eigenvalue weighted by Gasteiger charge is -2.09. The monoisotopic (exact) mass is 473 g/mol. The number of anilines is 1. The minimum Gasteiger partial charge on any atom is -0.497 e. The number of halogens is 4. The van der Waals surface area contributed by atoms with Gasteiger partial charge in [0.15, 0.2) is 29.9 Å². The summed E-state index contributed by atoms with van der Waals surface area (Å²) in [5.74, 6) is -7.81. The van der Waals surface area contributed by atoms with Crippen molar-refractivity contribution >= 4 is 28.6 Å². The molecule has 174 valence electrons. The van der Waals surface area contributed by atoms with Crippen LogP contribution in [0.3, 0.4) is 0 Å². The molecule has 4 rings (SSSR count). The molecule has 0 atom stereocenters. The number of methoxy groups -OCH3 is 1. The Morgan fingerprint density at radius 1 is 0.971 bits per heavy atom. The third kappa shape index (κ3) is 4.53. The molecule has 0 aliphatic rings. The number of nitrogens with zero attached hydrogens (tertiary/aromatic N) is 1. The Kier molecular flexibility index (Phi) is 6.17.